The topological polar surface area (TPSA) is 107 Å². The van der Waals surface area contributed by atoms with Crippen molar-refractivity contribution in [1.29, 1.82) is 0 Å². The van der Waals surface area contributed by atoms with Crippen molar-refractivity contribution in [3.8, 4) is 11.5 Å². The van der Waals surface area contributed by atoms with Crippen LogP contribution in [0.2, 0.25) is 0 Å². The maximum absolute atomic E-state index is 12.8. The third kappa shape index (κ3) is 6.05. The summed E-state index contributed by atoms with van der Waals surface area (Å²) in [5.41, 5.74) is 1.58. The largest absolute Gasteiger partial charge is 0.493 e. The van der Waals surface area contributed by atoms with Crippen molar-refractivity contribution >= 4 is 21.6 Å². The molecule has 2 aromatic carbocycles. The van der Waals surface area contributed by atoms with E-state index in [1.54, 1.807) is 50.5 Å². The van der Waals surface area contributed by atoms with E-state index in [1.807, 2.05) is 12.1 Å². The molecule has 0 radical (unpaired) electrons. The van der Waals surface area contributed by atoms with Gasteiger partial charge in [0.25, 0.3) is 5.91 Å². The number of sulfonamides is 1. The highest BCUT2D eigenvalue weighted by Gasteiger charge is 2.18. The Labute approximate surface area is 187 Å². The highest BCUT2D eigenvalue weighted by Crippen LogP contribution is 2.31. The van der Waals surface area contributed by atoms with Gasteiger partial charge < -0.3 is 14.8 Å². The molecule has 9 heteroatoms. The Bertz CT molecular complexity index is 1180. The third-order valence-corrected chi connectivity index (χ3v) is 5.99. The lowest BCUT2D eigenvalue weighted by molar-refractivity contribution is 0.102. The van der Waals surface area contributed by atoms with Crippen molar-refractivity contribution in [3.05, 3.63) is 78.1 Å². The van der Waals surface area contributed by atoms with Gasteiger partial charge in [0.1, 0.15) is 6.61 Å². The number of amides is 1. The van der Waals surface area contributed by atoms with Crippen LogP contribution in [0.5, 0.6) is 11.5 Å². The lowest BCUT2D eigenvalue weighted by atomic mass is 10.2. The summed E-state index contributed by atoms with van der Waals surface area (Å²) in [5.74, 6) is 0.515. The molecule has 168 valence electrons. The lowest BCUT2D eigenvalue weighted by Gasteiger charge is -2.13. The van der Waals surface area contributed by atoms with Gasteiger partial charge in [-0.1, -0.05) is 12.1 Å². The number of benzene rings is 2. The van der Waals surface area contributed by atoms with Crippen molar-refractivity contribution < 1.29 is 22.7 Å². The van der Waals surface area contributed by atoms with E-state index >= 15 is 0 Å². The van der Waals surface area contributed by atoms with E-state index in [9.17, 15) is 13.2 Å². The fourth-order valence-corrected chi connectivity index (χ4v) is 4.19. The van der Waals surface area contributed by atoms with Crippen LogP contribution in [0, 0.1) is 0 Å². The smallest absolute Gasteiger partial charge is 0.255 e. The zero-order chi connectivity index (χ0) is 23.1. The van der Waals surface area contributed by atoms with E-state index in [0.29, 0.717) is 17.2 Å². The number of nitrogens with zero attached hydrogens (tertiary/aromatic N) is 1. The minimum atomic E-state index is -3.71. The molecule has 0 aliphatic carbocycles. The normalized spacial score (nSPS) is 11.2. The van der Waals surface area contributed by atoms with Gasteiger partial charge in [-0.05, 0) is 50.2 Å². The number of pyridine rings is 1. The van der Waals surface area contributed by atoms with Crippen LogP contribution >= 0.6 is 0 Å². The summed E-state index contributed by atoms with van der Waals surface area (Å²) in [7, 11) is -2.18. The summed E-state index contributed by atoms with van der Waals surface area (Å²) < 4.78 is 38.5. The van der Waals surface area contributed by atoms with Crippen molar-refractivity contribution in [3.63, 3.8) is 0 Å². The molecule has 0 bridgehead atoms. The number of anilines is 1. The molecule has 0 saturated heterocycles. The fraction of sp³-hybridized carbons (Fsp3) is 0.217. The number of nitrogens with one attached hydrogen (secondary N) is 2. The minimum Gasteiger partial charge on any atom is -0.493 e. The van der Waals surface area contributed by atoms with Crippen LogP contribution in [0.25, 0.3) is 0 Å². The predicted molar refractivity (Wildman–Crippen MR) is 121 cm³/mol. The second kappa shape index (κ2) is 10.3. The molecule has 3 rings (SSSR count). The first kappa shape index (κ1) is 23.2. The standard InChI is InChI=1S/C23H25N3O5S/c1-16(2)26-32(28,29)20-8-4-7-18(12-20)23(27)25-19-9-10-21(30-3)22(13-19)31-15-17-6-5-11-24-14-17/h4-14,16,26H,15H2,1-3H3,(H,25,27). The Balaban J connectivity index is 1.77. The van der Waals surface area contributed by atoms with Gasteiger partial charge in [-0.2, -0.15) is 0 Å². The number of hydrogen-bond acceptors (Lipinski definition) is 6. The van der Waals surface area contributed by atoms with Gasteiger partial charge in [0.2, 0.25) is 10.0 Å². The van der Waals surface area contributed by atoms with Crippen LogP contribution in [0.15, 0.2) is 71.9 Å². The molecule has 0 unspecified atom stereocenters. The summed E-state index contributed by atoms with van der Waals surface area (Å²) in [6, 6.07) is 14.3. The van der Waals surface area contributed by atoms with Crippen molar-refractivity contribution in [1.82, 2.24) is 9.71 Å². The van der Waals surface area contributed by atoms with Crippen LogP contribution in [0.3, 0.4) is 0 Å². The molecule has 0 aliphatic rings. The minimum absolute atomic E-state index is 0.0223. The van der Waals surface area contributed by atoms with Gasteiger partial charge in [-0.25, -0.2) is 13.1 Å². The highest BCUT2D eigenvalue weighted by atomic mass is 32.2. The Morgan fingerprint density at radius 3 is 2.56 bits per heavy atom. The summed E-state index contributed by atoms with van der Waals surface area (Å²) in [5, 5.41) is 2.77. The molecule has 0 atom stereocenters. The highest BCUT2D eigenvalue weighted by molar-refractivity contribution is 7.89. The number of aromatic nitrogens is 1. The molecule has 0 saturated carbocycles. The first-order valence-electron chi connectivity index (χ1n) is 9.92. The number of ether oxygens (including phenoxy) is 2. The molecular weight excluding hydrogens is 430 g/mol. The number of carbonyl (C=O) groups excluding carboxylic acids is 1. The molecule has 0 fully saturated rings. The summed E-state index contributed by atoms with van der Waals surface area (Å²) >= 11 is 0. The summed E-state index contributed by atoms with van der Waals surface area (Å²) in [6.07, 6.45) is 3.38. The molecule has 1 heterocycles. The predicted octanol–water partition coefficient (Wildman–Crippen LogP) is 3.61. The van der Waals surface area contributed by atoms with Gasteiger partial charge in [0, 0.05) is 41.3 Å². The molecular formula is C23H25N3O5S. The summed E-state index contributed by atoms with van der Waals surface area (Å²) in [4.78, 5) is 16.8. The molecule has 1 aromatic heterocycles. The molecule has 3 aromatic rings. The average molecular weight is 456 g/mol. The van der Waals surface area contributed by atoms with E-state index < -0.39 is 15.9 Å². The SMILES string of the molecule is COc1ccc(NC(=O)c2cccc(S(=O)(=O)NC(C)C)c2)cc1OCc1cccnc1. The van der Waals surface area contributed by atoms with Gasteiger partial charge in [0.05, 0.1) is 12.0 Å². The molecule has 32 heavy (non-hydrogen) atoms. The lowest BCUT2D eigenvalue weighted by Crippen LogP contribution is -2.30. The second-order valence-corrected chi connectivity index (χ2v) is 8.99. The van der Waals surface area contributed by atoms with E-state index in [0.717, 1.165) is 5.56 Å². The molecule has 2 N–H and O–H groups in total. The van der Waals surface area contributed by atoms with Crippen molar-refractivity contribution in [2.24, 2.45) is 0 Å². The van der Waals surface area contributed by atoms with Crippen LogP contribution in [-0.2, 0) is 16.6 Å². The Kier molecular flexibility index (Phi) is 7.45. The molecule has 0 spiro atoms. The van der Waals surface area contributed by atoms with Crippen molar-refractivity contribution in [2.45, 2.75) is 31.4 Å². The van der Waals surface area contributed by atoms with Gasteiger partial charge in [-0.15, -0.1) is 0 Å². The zero-order valence-electron chi connectivity index (χ0n) is 18.0. The number of hydrogen-bond donors (Lipinski definition) is 2. The van der Waals surface area contributed by atoms with E-state index in [2.05, 4.69) is 15.0 Å². The monoisotopic (exact) mass is 455 g/mol. The second-order valence-electron chi connectivity index (χ2n) is 7.27. The Hall–Kier alpha value is -3.43. The quantitative estimate of drug-likeness (QED) is 0.511. The Morgan fingerprint density at radius 2 is 1.88 bits per heavy atom. The van der Waals surface area contributed by atoms with E-state index in [4.69, 9.17) is 9.47 Å². The Morgan fingerprint density at radius 1 is 1.06 bits per heavy atom. The number of methoxy groups -OCH3 is 1. The van der Waals surface area contributed by atoms with E-state index in [-0.39, 0.29) is 23.1 Å². The van der Waals surface area contributed by atoms with Gasteiger partial charge in [-0.3, -0.25) is 9.78 Å². The first-order valence-corrected chi connectivity index (χ1v) is 11.4. The van der Waals surface area contributed by atoms with Crippen LogP contribution < -0.4 is 19.5 Å². The molecule has 1 amide bonds. The number of rotatable bonds is 9. The average Bonchev–Trinajstić information content (AvgIpc) is 2.78. The maximum Gasteiger partial charge on any atom is 0.255 e. The van der Waals surface area contributed by atoms with E-state index in [1.165, 1.54) is 25.3 Å². The summed E-state index contributed by atoms with van der Waals surface area (Å²) in [6.45, 7) is 3.74. The van der Waals surface area contributed by atoms with Gasteiger partial charge in [0.15, 0.2) is 11.5 Å². The number of carbonyl (C=O) groups is 1. The van der Waals surface area contributed by atoms with Gasteiger partial charge >= 0.3 is 0 Å². The first-order chi connectivity index (χ1) is 15.3. The van der Waals surface area contributed by atoms with Crippen LogP contribution in [0.4, 0.5) is 5.69 Å². The molecule has 0 aliphatic heterocycles. The zero-order valence-corrected chi connectivity index (χ0v) is 18.8. The van der Waals surface area contributed by atoms with Crippen LogP contribution in [-0.4, -0.2) is 32.5 Å². The van der Waals surface area contributed by atoms with Crippen molar-refractivity contribution in [2.75, 3.05) is 12.4 Å². The molecule has 8 nitrogen and oxygen atoms in total. The van der Waals surface area contributed by atoms with Crippen LogP contribution in [0.1, 0.15) is 29.8 Å². The fourth-order valence-electron chi connectivity index (χ4n) is 2.90. The third-order valence-electron chi connectivity index (χ3n) is 4.34. The maximum atomic E-state index is 12.8.